The second-order valence-electron chi connectivity index (χ2n) is 5.58. The van der Waals surface area contributed by atoms with E-state index in [4.69, 9.17) is 0 Å². The minimum absolute atomic E-state index is 0.715. The third kappa shape index (κ3) is 2.42. The highest BCUT2D eigenvalue weighted by Crippen LogP contribution is 2.27. The summed E-state index contributed by atoms with van der Waals surface area (Å²) in [5, 5.41) is 0. The third-order valence-corrected chi connectivity index (χ3v) is 5.21. The topological polar surface area (TPSA) is 6.48 Å². The lowest BCUT2D eigenvalue weighted by Crippen LogP contribution is -2.54. The quantitative estimate of drug-likeness (QED) is 0.796. The number of fused-ring (bicyclic) bond motifs is 1. The van der Waals surface area contributed by atoms with Crippen LogP contribution in [0.3, 0.4) is 0 Å². The molecule has 2 fully saturated rings. The number of aryl methyl sites for hydroxylation is 1. The molecule has 3 rings (SSSR count). The van der Waals surface area contributed by atoms with Crippen LogP contribution in [-0.2, 0) is 6.54 Å². The molecule has 0 aliphatic carbocycles. The van der Waals surface area contributed by atoms with Crippen LogP contribution in [0.5, 0.6) is 0 Å². The van der Waals surface area contributed by atoms with Crippen molar-refractivity contribution in [1.29, 1.82) is 0 Å². The van der Waals surface area contributed by atoms with Crippen molar-refractivity contribution in [2.24, 2.45) is 0 Å². The number of rotatable bonds is 2. The summed E-state index contributed by atoms with van der Waals surface area (Å²) in [6.45, 7) is 9.62. The highest BCUT2D eigenvalue weighted by molar-refractivity contribution is 7.11. The Morgan fingerprint density at radius 3 is 3.00 bits per heavy atom. The Morgan fingerprint density at radius 1 is 1.35 bits per heavy atom. The van der Waals surface area contributed by atoms with Crippen molar-refractivity contribution in [2.75, 3.05) is 19.6 Å². The Bertz CT molecular complexity index is 387. The molecule has 1 aromatic heterocycles. The molecule has 0 spiro atoms. The Hall–Kier alpha value is -0.380. The molecular formula is C14H22N2S. The Balaban J connectivity index is 1.66. The second-order valence-corrected chi connectivity index (χ2v) is 6.95. The number of hydrogen-bond donors (Lipinski definition) is 0. The summed E-state index contributed by atoms with van der Waals surface area (Å²) >= 11 is 1.95. The fourth-order valence-electron chi connectivity index (χ4n) is 3.24. The summed E-state index contributed by atoms with van der Waals surface area (Å²) in [6.07, 6.45) is 2.82. The van der Waals surface area contributed by atoms with Gasteiger partial charge in [-0.25, -0.2) is 0 Å². The van der Waals surface area contributed by atoms with Gasteiger partial charge in [-0.2, -0.15) is 0 Å². The molecule has 0 N–H and O–H groups in total. The smallest absolute Gasteiger partial charge is 0.0332 e. The minimum Gasteiger partial charge on any atom is -0.298 e. The third-order valence-electron chi connectivity index (χ3n) is 4.22. The maximum absolute atomic E-state index is 2.70. The standard InChI is InChI=1S/C14H22N2S/c1-11-8-15-7-3-4-13(15)9-16(11)10-14-6-5-12(2)17-14/h5-6,11,13H,3-4,7-10H2,1-2H3. The van der Waals surface area contributed by atoms with Crippen molar-refractivity contribution in [2.45, 2.75) is 45.3 Å². The van der Waals surface area contributed by atoms with Gasteiger partial charge >= 0.3 is 0 Å². The molecule has 3 heteroatoms. The van der Waals surface area contributed by atoms with Crippen molar-refractivity contribution >= 4 is 11.3 Å². The van der Waals surface area contributed by atoms with Crippen molar-refractivity contribution in [3.05, 3.63) is 21.9 Å². The number of nitrogens with zero attached hydrogens (tertiary/aromatic N) is 2. The first kappa shape index (κ1) is 11.7. The molecule has 2 aliphatic heterocycles. The van der Waals surface area contributed by atoms with Crippen molar-refractivity contribution in [1.82, 2.24) is 9.80 Å². The lowest BCUT2D eigenvalue weighted by Gasteiger charge is -2.42. The van der Waals surface area contributed by atoms with Gasteiger partial charge in [0.25, 0.3) is 0 Å². The van der Waals surface area contributed by atoms with Gasteiger partial charge in [-0.1, -0.05) is 0 Å². The number of thiophene rings is 1. The van der Waals surface area contributed by atoms with E-state index in [9.17, 15) is 0 Å². The van der Waals surface area contributed by atoms with Gasteiger partial charge < -0.3 is 0 Å². The molecule has 0 bridgehead atoms. The molecule has 2 nitrogen and oxygen atoms in total. The molecule has 1 aromatic rings. The molecule has 0 amide bonds. The van der Waals surface area contributed by atoms with E-state index in [1.165, 1.54) is 42.2 Å². The number of piperazine rings is 1. The average molecular weight is 250 g/mol. The Morgan fingerprint density at radius 2 is 2.24 bits per heavy atom. The van der Waals surface area contributed by atoms with Crippen LogP contribution in [0.4, 0.5) is 0 Å². The van der Waals surface area contributed by atoms with E-state index in [0.29, 0.717) is 6.04 Å². The van der Waals surface area contributed by atoms with Gasteiger partial charge in [0.1, 0.15) is 0 Å². The lowest BCUT2D eigenvalue weighted by molar-refractivity contribution is 0.0547. The van der Waals surface area contributed by atoms with Gasteiger partial charge in [-0.15, -0.1) is 11.3 Å². The minimum atomic E-state index is 0.715. The van der Waals surface area contributed by atoms with Crippen LogP contribution in [0, 0.1) is 6.92 Å². The van der Waals surface area contributed by atoms with E-state index in [1.807, 2.05) is 11.3 Å². The monoisotopic (exact) mass is 250 g/mol. The van der Waals surface area contributed by atoms with Gasteiger partial charge in [-0.05, 0) is 45.4 Å². The fourth-order valence-corrected chi connectivity index (χ4v) is 4.15. The predicted octanol–water partition coefficient (Wildman–Crippen LogP) is 2.73. The first-order valence-corrected chi connectivity index (χ1v) is 7.57. The van der Waals surface area contributed by atoms with E-state index >= 15 is 0 Å². The molecule has 17 heavy (non-hydrogen) atoms. The first-order valence-electron chi connectivity index (χ1n) is 6.76. The van der Waals surface area contributed by atoms with E-state index in [2.05, 4.69) is 35.8 Å². The summed E-state index contributed by atoms with van der Waals surface area (Å²) < 4.78 is 0. The maximum Gasteiger partial charge on any atom is 0.0332 e. The van der Waals surface area contributed by atoms with E-state index < -0.39 is 0 Å². The Labute approximate surface area is 108 Å². The SMILES string of the molecule is Cc1ccc(CN2CC3CCCN3CC2C)s1. The van der Waals surface area contributed by atoms with Crippen LogP contribution in [-0.4, -0.2) is 41.5 Å². The van der Waals surface area contributed by atoms with Crippen LogP contribution < -0.4 is 0 Å². The molecule has 3 heterocycles. The molecule has 0 aromatic carbocycles. The van der Waals surface area contributed by atoms with Gasteiger partial charge in [0.2, 0.25) is 0 Å². The molecule has 2 aliphatic rings. The second kappa shape index (κ2) is 4.71. The van der Waals surface area contributed by atoms with Crippen LogP contribution >= 0.6 is 11.3 Å². The fraction of sp³-hybridized carbons (Fsp3) is 0.714. The molecular weight excluding hydrogens is 228 g/mol. The van der Waals surface area contributed by atoms with Crippen molar-refractivity contribution in [3.8, 4) is 0 Å². The molecule has 0 saturated carbocycles. The molecule has 2 unspecified atom stereocenters. The molecule has 2 saturated heterocycles. The number of hydrogen-bond acceptors (Lipinski definition) is 3. The zero-order valence-corrected chi connectivity index (χ0v) is 11.7. The summed E-state index contributed by atoms with van der Waals surface area (Å²) in [4.78, 5) is 8.34. The van der Waals surface area contributed by atoms with Crippen LogP contribution in [0.1, 0.15) is 29.5 Å². The van der Waals surface area contributed by atoms with Gasteiger partial charge in [0.15, 0.2) is 0 Å². The van der Waals surface area contributed by atoms with E-state index in [-0.39, 0.29) is 0 Å². The lowest BCUT2D eigenvalue weighted by atomic mass is 10.1. The summed E-state index contributed by atoms with van der Waals surface area (Å²) in [6, 6.07) is 6.10. The molecule has 94 valence electrons. The van der Waals surface area contributed by atoms with Crippen LogP contribution in [0.2, 0.25) is 0 Å². The highest BCUT2D eigenvalue weighted by atomic mass is 32.1. The van der Waals surface area contributed by atoms with Crippen LogP contribution in [0.15, 0.2) is 12.1 Å². The highest BCUT2D eigenvalue weighted by Gasteiger charge is 2.34. The van der Waals surface area contributed by atoms with Crippen LogP contribution in [0.25, 0.3) is 0 Å². The Kier molecular flexibility index (Phi) is 3.24. The molecule has 2 atom stereocenters. The normalized spacial score (nSPS) is 30.7. The summed E-state index contributed by atoms with van der Waals surface area (Å²) in [5.41, 5.74) is 0. The predicted molar refractivity (Wildman–Crippen MR) is 73.5 cm³/mol. The average Bonchev–Trinajstić information content (AvgIpc) is 2.88. The molecule has 0 radical (unpaired) electrons. The van der Waals surface area contributed by atoms with Gasteiger partial charge in [0, 0.05) is 41.5 Å². The van der Waals surface area contributed by atoms with Crippen molar-refractivity contribution < 1.29 is 0 Å². The van der Waals surface area contributed by atoms with Crippen molar-refractivity contribution in [3.63, 3.8) is 0 Å². The van der Waals surface area contributed by atoms with E-state index in [1.54, 1.807) is 0 Å². The largest absolute Gasteiger partial charge is 0.298 e. The van der Waals surface area contributed by atoms with Gasteiger partial charge in [-0.3, -0.25) is 9.80 Å². The summed E-state index contributed by atoms with van der Waals surface area (Å²) in [7, 11) is 0. The zero-order valence-electron chi connectivity index (χ0n) is 10.9. The van der Waals surface area contributed by atoms with E-state index in [0.717, 1.165) is 12.6 Å². The zero-order chi connectivity index (χ0) is 11.8. The van der Waals surface area contributed by atoms with Gasteiger partial charge in [0.05, 0.1) is 0 Å². The maximum atomic E-state index is 2.70. The summed E-state index contributed by atoms with van der Waals surface area (Å²) in [5.74, 6) is 0. The first-order chi connectivity index (χ1) is 8.22.